The van der Waals surface area contributed by atoms with Gasteiger partial charge in [-0.15, -0.1) is 0 Å². The third-order valence-electron chi connectivity index (χ3n) is 5.66. The molecule has 7 nitrogen and oxygen atoms in total. The van der Waals surface area contributed by atoms with Gasteiger partial charge in [0, 0.05) is 23.7 Å². The van der Waals surface area contributed by atoms with Crippen LogP contribution in [0.2, 0.25) is 10.0 Å². The second-order valence-electron chi connectivity index (χ2n) is 8.13. The van der Waals surface area contributed by atoms with Crippen LogP contribution >= 0.6 is 23.2 Å². The number of anilines is 2. The van der Waals surface area contributed by atoms with E-state index in [0.717, 1.165) is 5.56 Å². The number of para-hydroxylation sites is 1. The van der Waals surface area contributed by atoms with Crippen LogP contribution in [0.5, 0.6) is 0 Å². The lowest BCUT2D eigenvalue weighted by molar-refractivity contribution is -0.136. The first-order chi connectivity index (χ1) is 17.5. The van der Waals surface area contributed by atoms with Gasteiger partial charge in [0.15, 0.2) is 0 Å². The van der Waals surface area contributed by atoms with Crippen molar-refractivity contribution >= 4 is 52.2 Å². The van der Waals surface area contributed by atoms with Crippen molar-refractivity contribution in [1.29, 1.82) is 5.26 Å². The molecule has 0 fully saturated rings. The summed E-state index contributed by atoms with van der Waals surface area (Å²) in [6.45, 7) is 0.359. The van der Waals surface area contributed by atoms with E-state index in [1.165, 1.54) is 5.01 Å². The van der Waals surface area contributed by atoms with Gasteiger partial charge in [0.1, 0.15) is 12.3 Å². The summed E-state index contributed by atoms with van der Waals surface area (Å²) in [7, 11) is 0. The van der Waals surface area contributed by atoms with Crippen LogP contribution in [-0.4, -0.2) is 29.2 Å². The zero-order valence-electron chi connectivity index (χ0n) is 19.3. The molecule has 3 aromatic carbocycles. The summed E-state index contributed by atoms with van der Waals surface area (Å²) in [6.07, 6.45) is 0.259. The first-order valence-corrected chi connectivity index (χ1v) is 12.1. The van der Waals surface area contributed by atoms with Crippen LogP contribution in [0.15, 0.2) is 84.0 Å². The summed E-state index contributed by atoms with van der Waals surface area (Å²) in [5.74, 6) is -0.321. The Bertz CT molecular complexity index is 1320. The number of hydrazone groups is 1. The molecule has 1 N–H and O–H groups in total. The van der Waals surface area contributed by atoms with E-state index in [9.17, 15) is 14.9 Å². The van der Waals surface area contributed by atoms with Crippen LogP contribution in [0, 0.1) is 11.3 Å². The van der Waals surface area contributed by atoms with E-state index in [4.69, 9.17) is 23.2 Å². The molecule has 1 heterocycles. The van der Waals surface area contributed by atoms with Crippen molar-refractivity contribution in [3.63, 3.8) is 0 Å². The number of benzene rings is 3. The van der Waals surface area contributed by atoms with E-state index in [1.807, 2.05) is 53.4 Å². The lowest BCUT2D eigenvalue weighted by Crippen LogP contribution is -2.31. The van der Waals surface area contributed by atoms with Gasteiger partial charge in [-0.1, -0.05) is 71.7 Å². The molecule has 0 saturated carbocycles. The van der Waals surface area contributed by atoms with Crippen molar-refractivity contribution in [3.8, 4) is 6.07 Å². The van der Waals surface area contributed by atoms with Gasteiger partial charge in [-0.3, -0.25) is 9.59 Å². The minimum Gasteiger partial charge on any atom is -0.326 e. The maximum absolute atomic E-state index is 13.3. The third-order valence-corrected chi connectivity index (χ3v) is 6.21. The van der Waals surface area contributed by atoms with E-state index in [2.05, 4.69) is 16.5 Å². The smallest absolute Gasteiger partial charge is 0.252 e. The van der Waals surface area contributed by atoms with Crippen molar-refractivity contribution in [2.45, 2.75) is 25.3 Å². The zero-order chi connectivity index (χ0) is 25.5. The zero-order valence-corrected chi connectivity index (χ0v) is 20.8. The van der Waals surface area contributed by atoms with Crippen LogP contribution in [0.25, 0.3) is 0 Å². The maximum atomic E-state index is 13.3. The number of carbonyl (C=O) groups excluding carboxylic acids is 2. The van der Waals surface area contributed by atoms with E-state index in [0.29, 0.717) is 40.2 Å². The van der Waals surface area contributed by atoms with Crippen molar-refractivity contribution in [2.24, 2.45) is 5.10 Å². The van der Waals surface area contributed by atoms with Gasteiger partial charge < -0.3 is 10.2 Å². The van der Waals surface area contributed by atoms with Gasteiger partial charge in [-0.05, 0) is 35.9 Å². The molecule has 36 heavy (non-hydrogen) atoms. The second-order valence-corrected chi connectivity index (χ2v) is 8.98. The van der Waals surface area contributed by atoms with Crippen molar-refractivity contribution in [2.75, 3.05) is 16.8 Å². The molecular formula is C27H23Cl2N5O2. The Balaban J connectivity index is 1.61. The van der Waals surface area contributed by atoms with E-state index in [-0.39, 0.29) is 6.42 Å². The fourth-order valence-electron chi connectivity index (χ4n) is 4.03. The molecule has 0 aliphatic carbocycles. The Hall–Kier alpha value is -3.86. The van der Waals surface area contributed by atoms with Crippen LogP contribution in [0.1, 0.15) is 30.9 Å². The lowest BCUT2D eigenvalue weighted by atomic mass is 10.0. The molecule has 1 atom stereocenters. The SMILES string of the molecule is N#CCCN(C1=NN(C(=O)CC(=O)Nc2cccc(Cl)c2)C(c2ccccc2)C1)c1ccccc1Cl. The molecule has 9 heteroatoms. The number of carbonyl (C=O) groups is 2. The van der Waals surface area contributed by atoms with Crippen LogP contribution < -0.4 is 10.2 Å². The summed E-state index contributed by atoms with van der Waals surface area (Å²) >= 11 is 12.5. The average molecular weight is 520 g/mol. The van der Waals surface area contributed by atoms with Gasteiger partial charge in [0.05, 0.1) is 29.2 Å². The first-order valence-electron chi connectivity index (χ1n) is 11.3. The van der Waals surface area contributed by atoms with Crippen LogP contribution in [0.3, 0.4) is 0 Å². The van der Waals surface area contributed by atoms with Crippen molar-refractivity contribution < 1.29 is 9.59 Å². The molecule has 1 aliphatic rings. The van der Waals surface area contributed by atoms with Gasteiger partial charge in [0.2, 0.25) is 5.91 Å². The topological polar surface area (TPSA) is 88.8 Å². The van der Waals surface area contributed by atoms with Crippen molar-refractivity contribution in [3.05, 3.63) is 94.5 Å². The highest BCUT2D eigenvalue weighted by Gasteiger charge is 2.36. The second kappa shape index (κ2) is 11.7. The summed E-state index contributed by atoms with van der Waals surface area (Å²) in [5.41, 5.74) is 2.10. The number of hydrogen-bond acceptors (Lipinski definition) is 5. The molecule has 1 unspecified atom stereocenters. The summed E-state index contributed by atoms with van der Waals surface area (Å²) in [4.78, 5) is 27.8. The van der Waals surface area contributed by atoms with Gasteiger partial charge in [0.25, 0.3) is 5.91 Å². The molecule has 0 spiro atoms. The van der Waals surface area contributed by atoms with Crippen LogP contribution in [-0.2, 0) is 9.59 Å². The minimum absolute atomic E-state index is 0.246. The Labute approximate surface area is 219 Å². The fourth-order valence-corrected chi connectivity index (χ4v) is 4.46. The number of halogens is 2. The minimum atomic E-state index is -0.467. The molecule has 4 rings (SSSR count). The number of amidine groups is 1. The summed E-state index contributed by atoms with van der Waals surface area (Å²) in [5, 5.41) is 18.9. The number of hydrogen-bond donors (Lipinski definition) is 1. The molecule has 0 aromatic heterocycles. The average Bonchev–Trinajstić information content (AvgIpc) is 3.31. The van der Waals surface area contributed by atoms with E-state index < -0.39 is 24.3 Å². The van der Waals surface area contributed by atoms with Crippen molar-refractivity contribution in [1.82, 2.24) is 5.01 Å². The molecule has 1 aliphatic heterocycles. The largest absolute Gasteiger partial charge is 0.326 e. The monoisotopic (exact) mass is 519 g/mol. The standard InChI is InChI=1S/C27H23Cl2N5O2/c28-20-10-6-11-21(16-20)31-26(35)18-27(36)34-24(19-8-2-1-3-9-19)17-25(32-34)33(15-7-14-30)23-13-5-4-12-22(23)29/h1-6,8-13,16,24H,7,15,17-18H2,(H,31,35). The molecule has 0 saturated heterocycles. The third kappa shape index (κ3) is 6.03. The predicted octanol–water partition coefficient (Wildman–Crippen LogP) is 6.03. The van der Waals surface area contributed by atoms with E-state index >= 15 is 0 Å². The van der Waals surface area contributed by atoms with Gasteiger partial charge >= 0.3 is 0 Å². The Morgan fingerprint density at radius 1 is 1.06 bits per heavy atom. The number of nitrogens with one attached hydrogen (secondary N) is 1. The number of nitrogens with zero attached hydrogens (tertiary/aromatic N) is 4. The quantitative estimate of drug-likeness (QED) is 0.386. The highest BCUT2D eigenvalue weighted by atomic mass is 35.5. The number of amides is 2. The van der Waals surface area contributed by atoms with Crippen LogP contribution in [0.4, 0.5) is 11.4 Å². The number of rotatable bonds is 7. The molecule has 182 valence electrons. The fraction of sp³-hybridized carbons (Fsp3) is 0.185. The predicted molar refractivity (Wildman–Crippen MR) is 142 cm³/mol. The molecule has 3 aromatic rings. The van der Waals surface area contributed by atoms with Gasteiger partial charge in [-0.2, -0.15) is 10.4 Å². The highest BCUT2D eigenvalue weighted by molar-refractivity contribution is 6.34. The molecule has 0 radical (unpaired) electrons. The normalized spacial score (nSPS) is 14.6. The lowest BCUT2D eigenvalue weighted by Gasteiger charge is -2.24. The number of nitriles is 1. The van der Waals surface area contributed by atoms with Gasteiger partial charge in [-0.25, -0.2) is 5.01 Å². The highest BCUT2D eigenvalue weighted by Crippen LogP contribution is 2.35. The Morgan fingerprint density at radius 3 is 2.53 bits per heavy atom. The summed E-state index contributed by atoms with van der Waals surface area (Å²) < 4.78 is 0. The summed E-state index contributed by atoms with van der Waals surface area (Å²) in [6, 6.07) is 25.3. The Kier molecular flexibility index (Phi) is 8.21. The molecule has 2 amide bonds. The molecule has 0 bridgehead atoms. The maximum Gasteiger partial charge on any atom is 0.252 e. The first kappa shape index (κ1) is 25.2. The van der Waals surface area contributed by atoms with E-state index in [1.54, 1.807) is 30.3 Å². The Morgan fingerprint density at radius 2 is 1.81 bits per heavy atom. The molecular weight excluding hydrogens is 497 g/mol.